The number of ether oxygens (including phenoxy) is 1. The molecule has 0 saturated carbocycles. The second kappa shape index (κ2) is 9.74. The lowest BCUT2D eigenvalue weighted by atomic mass is 10.1. The Kier molecular flexibility index (Phi) is 7.31. The topological polar surface area (TPSA) is 61.2 Å². The predicted molar refractivity (Wildman–Crippen MR) is 98.4 cm³/mol. The first-order chi connectivity index (χ1) is 11.8. The summed E-state index contributed by atoms with van der Waals surface area (Å²) in [7, 11) is 1.68. The van der Waals surface area contributed by atoms with Gasteiger partial charge in [0.25, 0.3) is 0 Å². The van der Waals surface area contributed by atoms with Crippen molar-refractivity contribution in [3.8, 4) is 11.8 Å². The number of nitriles is 1. The molecule has 128 valence electrons. The van der Waals surface area contributed by atoms with Gasteiger partial charge in [-0.05, 0) is 25.1 Å². The van der Waals surface area contributed by atoms with Gasteiger partial charge in [-0.3, -0.25) is 4.98 Å². The fourth-order valence-electron chi connectivity index (χ4n) is 2.69. The van der Waals surface area contributed by atoms with Crippen LogP contribution >= 0.6 is 0 Å². The van der Waals surface area contributed by atoms with Crippen molar-refractivity contribution in [1.29, 1.82) is 5.26 Å². The van der Waals surface area contributed by atoms with Crippen LogP contribution in [0.4, 0.5) is 5.69 Å². The van der Waals surface area contributed by atoms with E-state index in [1.807, 2.05) is 24.3 Å². The number of rotatable bonds is 10. The highest BCUT2D eigenvalue weighted by Crippen LogP contribution is 2.27. The number of anilines is 1. The Hall–Kier alpha value is -2.32. The van der Waals surface area contributed by atoms with Crippen molar-refractivity contribution in [2.45, 2.75) is 26.2 Å². The van der Waals surface area contributed by atoms with Gasteiger partial charge in [-0.25, -0.2) is 0 Å². The minimum atomic E-state index is 0.577. The molecule has 0 fully saturated rings. The fraction of sp³-hybridized carbons (Fsp3) is 0.474. The number of pyridine rings is 1. The SMILES string of the molecule is CCCCN(CCC#N)CCNc1cc(OC)cc2cccnc12. The third-order valence-corrected chi connectivity index (χ3v) is 4.03. The third-order valence-electron chi connectivity index (χ3n) is 4.03. The normalized spacial score (nSPS) is 10.8. The molecule has 0 aliphatic heterocycles. The van der Waals surface area contributed by atoms with E-state index < -0.39 is 0 Å². The summed E-state index contributed by atoms with van der Waals surface area (Å²) in [6, 6.07) is 10.2. The highest BCUT2D eigenvalue weighted by Gasteiger charge is 2.07. The first-order valence-corrected chi connectivity index (χ1v) is 8.54. The van der Waals surface area contributed by atoms with Gasteiger partial charge in [0.1, 0.15) is 5.75 Å². The molecule has 0 radical (unpaired) electrons. The summed E-state index contributed by atoms with van der Waals surface area (Å²) in [4.78, 5) is 6.82. The van der Waals surface area contributed by atoms with Gasteiger partial charge in [0.15, 0.2) is 0 Å². The molecule has 0 bridgehead atoms. The van der Waals surface area contributed by atoms with Gasteiger partial charge in [-0.15, -0.1) is 0 Å². The van der Waals surface area contributed by atoms with Crippen molar-refractivity contribution in [2.24, 2.45) is 0 Å². The summed E-state index contributed by atoms with van der Waals surface area (Å²) in [6.07, 6.45) is 4.71. The number of fused-ring (bicyclic) bond motifs is 1. The Balaban J connectivity index is 2.02. The molecule has 0 unspecified atom stereocenters. The maximum Gasteiger partial charge on any atom is 0.121 e. The summed E-state index contributed by atoms with van der Waals surface area (Å²) in [6.45, 7) is 5.78. The highest BCUT2D eigenvalue weighted by molar-refractivity contribution is 5.91. The smallest absolute Gasteiger partial charge is 0.121 e. The van der Waals surface area contributed by atoms with E-state index >= 15 is 0 Å². The van der Waals surface area contributed by atoms with Crippen LogP contribution in [-0.2, 0) is 0 Å². The number of nitrogens with one attached hydrogen (secondary N) is 1. The van der Waals surface area contributed by atoms with Crippen molar-refractivity contribution in [3.05, 3.63) is 30.5 Å². The standard InChI is InChI=1S/C19H26N4O/c1-3-4-11-23(12-6-8-20)13-10-21-18-15-17(24-2)14-16-7-5-9-22-19(16)18/h5,7,9,14-15,21H,3-4,6,10-13H2,1-2H3. The monoisotopic (exact) mass is 326 g/mol. The molecule has 5 heteroatoms. The van der Waals surface area contributed by atoms with E-state index in [2.05, 4.69) is 28.2 Å². The molecule has 0 aliphatic rings. The van der Waals surface area contributed by atoms with Crippen LogP contribution < -0.4 is 10.1 Å². The highest BCUT2D eigenvalue weighted by atomic mass is 16.5. The Bertz CT molecular complexity index is 681. The van der Waals surface area contributed by atoms with Crippen LogP contribution in [0.3, 0.4) is 0 Å². The second-order valence-corrected chi connectivity index (χ2v) is 5.78. The van der Waals surface area contributed by atoms with E-state index in [-0.39, 0.29) is 0 Å². The number of nitrogens with zero attached hydrogens (tertiary/aromatic N) is 3. The molecule has 0 spiro atoms. The van der Waals surface area contributed by atoms with E-state index in [0.717, 1.165) is 54.9 Å². The largest absolute Gasteiger partial charge is 0.497 e. The van der Waals surface area contributed by atoms with Crippen LogP contribution in [0.15, 0.2) is 30.5 Å². The molecule has 0 amide bonds. The van der Waals surface area contributed by atoms with Crippen LogP contribution in [0.25, 0.3) is 10.9 Å². The summed E-state index contributed by atoms with van der Waals surface area (Å²) < 4.78 is 5.38. The first-order valence-electron chi connectivity index (χ1n) is 8.54. The minimum absolute atomic E-state index is 0.577. The first kappa shape index (κ1) is 18.0. The van der Waals surface area contributed by atoms with Crippen LogP contribution in [0.5, 0.6) is 5.75 Å². The van der Waals surface area contributed by atoms with E-state index in [9.17, 15) is 0 Å². The number of benzene rings is 1. The van der Waals surface area contributed by atoms with Gasteiger partial charge >= 0.3 is 0 Å². The summed E-state index contributed by atoms with van der Waals surface area (Å²) in [5.74, 6) is 0.824. The summed E-state index contributed by atoms with van der Waals surface area (Å²) in [5.41, 5.74) is 1.94. The zero-order chi connectivity index (χ0) is 17.2. The number of hydrogen-bond donors (Lipinski definition) is 1. The van der Waals surface area contributed by atoms with E-state index in [4.69, 9.17) is 10.00 Å². The number of unbranched alkanes of at least 4 members (excludes halogenated alkanes) is 1. The Morgan fingerprint density at radius 1 is 1.29 bits per heavy atom. The Labute approximate surface area is 144 Å². The zero-order valence-electron chi connectivity index (χ0n) is 14.6. The summed E-state index contributed by atoms with van der Waals surface area (Å²) in [5, 5.41) is 13.3. The molecule has 0 saturated heterocycles. The number of aromatic nitrogens is 1. The fourth-order valence-corrected chi connectivity index (χ4v) is 2.69. The lowest BCUT2D eigenvalue weighted by molar-refractivity contribution is 0.285. The maximum atomic E-state index is 8.81. The predicted octanol–water partition coefficient (Wildman–Crippen LogP) is 3.67. The molecule has 0 atom stereocenters. The van der Waals surface area contributed by atoms with Crippen LogP contribution in [0, 0.1) is 11.3 Å². The second-order valence-electron chi connectivity index (χ2n) is 5.78. The van der Waals surface area contributed by atoms with Gasteiger partial charge < -0.3 is 15.0 Å². The van der Waals surface area contributed by atoms with E-state index in [1.165, 1.54) is 6.42 Å². The quantitative estimate of drug-likeness (QED) is 0.722. The molecule has 2 aromatic rings. The van der Waals surface area contributed by atoms with E-state index in [1.54, 1.807) is 13.3 Å². The van der Waals surface area contributed by atoms with Crippen LogP contribution in [0.1, 0.15) is 26.2 Å². The molecule has 5 nitrogen and oxygen atoms in total. The van der Waals surface area contributed by atoms with Crippen molar-refractivity contribution >= 4 is 16.6 Å². The van der Waals surface area contributed by atoms with Crippen molar-refractivity contribution in [1.82, 2.24) is 9.88 Å². The number of hydrogen-bond acceptors (Lipinski definition) is 5. The lowest BCUT2D eigenvalue weighted by Crippen LogP contribution is -2.31. The molecule has 1 aromatic heterocycles. The summed E-state index contributed by atoms with van der Waals surface area (Å²) >= 11 is 0. The van der Waals surface area contributed by atoms with Gasteiger partial charge in [-0.1, -0.05) is 19.4 Å². The molecular formula is C19H26N4O. The maximum absolute atomic E-state index is 8.81. The van der Waals surface area contributed by atoms with Gasteiger partial charge in [0.2, 0.25) is 0 Å². The van der Waals surface area contributed by atoms with Crippen molar-refractivity contribution in [2.75, 3.05) is 38.6 Å². The molecule has 0 aliphatic carbocycles. The molecular weight excluding hydrogens is 300 g/mol. The Morgan fingerprint density at radius 3 is 2.92 bits per heavy atom. The van der Waals surface area contributed by atoms with Crippen LogP contribution in [-0.4, -0.2) is 43.2 Å². The molecule has 1 aromatic carbocycles. The molecule has 1 heterocycles. The van der Waals surface area contributed by atoms with Gasteiger partial charge in [-0.2, -0.15) is 5.26 Å². The van der Waals surface area contributed by atoms with Crippen LogP contribution in [0.2, 0.25) is 0 Å². The third kappa shape index (κ3) is 5.10. The molecule has 1 N–H and O–H groups in total. The Morgan fingerprint density at radius 2 is 2.17 bits per heavy atom. The molecule has 24 heavy (non-hydrogen) atoms. The average molecular weight is 326 g/mol. The van der Waals surface area contributed by atoms with Gasteiger partial charge in [0.05, 0.1) is 24.4 Å². The zero-order valence-corrected chi connectivity index (χ0v) is 14.6. The van der Waals surface area contributed by atoms with E-state index in [0.29, 0.717) is 6.42 Å². The average Bonchev–Trinajstić information content (AvgIpc) is 2.63. The lowest BCUT2D eigenvalue weighted by Gasteiger charge is -2.21. The number of methoxy groups -OCH3 is 1. The van der Waals surface area contributed by atoms with Crippen molar-refractivity contribution < 1.29 is 4.74 Å². The molecule has 2 rings (SSSR count). The van der Waals surface area contributed by atoms with Gasteiger partial charge in [0, 0.05) is 43.7 Å². The van der Waals surface area contributed by atoms with Crippen molar-refractivity contribution in [3.63, 3.8) is 0 Å². The minimum Gasteiger partial charge on any atom is -0.497 e.